The van der Waals surface area contributed by atoms with Crippen molar-refractivity contribution in [3.8, 4) is 0 Å². The third-order valence-electron chi connectivity index (χ3n) is 12.1. The molecule has 49 heavy (non-hydrogen) atoms. The van der Waals surface area contributed by atoms with Gasteiger partial charge in [-0.2, -0.15) is 0 Å². The molecule has 0 aromatic carbocycles. The van der Waals surface area contributed by atoms with Crippen LogP contribution in [0, 0.1) is 40.4 Å². The molecule has 13 heteroatoms. The Kier molecular flexibility index (Phi) is 9.64. The van der Waals surface area contributed by atoms with Crippen molar-refractivity contribution in [3.63, 3.8) is 0 Å². The van der Waals surface area contributed by atoms with E-state index in [1.807, 2.05) is 20.8 Å². The monoisotopic (exact) mass is 703 g/mol. The van der Waals surface area contributed by atoms with E-state index in [4.69, 9.17) is 0 Å². The van der Waals surface area contributed by atoms with E-state index in [1.54, 1.807) is 20.8 Å². The highest BCUT2D eigenvalue weighted by molar-refractivity contribution is 7.92. The smallest absolute Gasteiger partial charge is 0.315 e. The average Bonchev–Trinajstić information content (AvgIpc) is 3.85. The van der Waals surface area contributed by atoms with Gasteiger partial charge in [-0.15, -0.1) is 6.58 Å². The molecule has 4 aliphatic carbocycles. The van der Waals surface area contributed by atoms with E-state index >= 15 is 0 Å². The molecular formula is C36H57N5O7S. The van der Waals surface area contributed by atoms with Crippen LogP contribution in [0.25, 0.3) is 0 Å². The topological polar surface area (TPSA) is 171 Å². The number of likely N-dealkylation sites (tertiary alicyclic amines) is 1. The second kappa shape index (κ2) is 12.7. The summed E-state index contributed by atoms with van der Waals surface area (Å²) in [7, 11) is -3.54. The lowest BCUT2D eigenvalue weighted by atomic mass is 9.85. The fourth-order valence-electron chi connectivity index (χ4n) is 8.64. The number of ketones is 1. The molecule has 1 aliphatic heterocycles. The summed E-state index contributed by atoms with van der Waals surface area (Å²) in [6.45, 7) is 18.6. The van der Waals surface area contributed by atoms with Crippen LogP contribution in [0.1, 0.15) is 93.9 Å². The molecule has 5 amide bonds. The van der Waals surface area contributed by atoms with Crippen molar-refractivity contribution in [3.05, 3.63) is 12.7 Å². The first kappa shape index (κ1) is 37.3. The normalized spacial score (nSPS) is 31.0. The van der Waals surface area contributed by atoms with Gasteiger partial charge < -0.3 is 26.2 Å². The van der Waals surface area contributed by atoms with Crippen molar-refractivity contribution in [1.82, 2.24) is 26.2 Å². The van der Waals surface area contributed by atoms with Gasteiger partial charge in [-0.05, 0) is 80.5 Å². The van der Waals surface area contributed by atoms with Crippen molar-refractivity contribution >= 4 is 39.4 Å². The van der Waals surface area contributed by atoms with E-state index in [0.29, 0.717) is 13.0 Å². The lowest BCUT2D eigenvalue weighted by Crippen LogP contribution is -2.62. The number of Topliss-reactive ketones (excluding diaryl/α,β-unsaturated/α-hetero) is 1. The van der Waals surface area contributed by atoms with Crippen molar-refractivity contribution < 1.29 is 32.4 Å². The molecule has 7 atom stereocenters. The Balaban J connectivity index is 1.34. The molecular weight excluding hydrogens is 646 g/mol. The second-order valence-corrected chi connectivity index (χ2v) is 20.7. The number of piperidine rings is 1. The summed E-state index contributed by atoms with van der Waals surface area (Å²) in [6, 6.07) is -3.51. The number of amides is 5. The molecule has 0 bridgehead atoms. The summed E-state index contributed by atoms with van der Waals surface area (Å²) in [6.07, 6.45) is 6.34. The Labute approximate surface area is 291 Å². The number of fused-ring (bicyclic) bond motifs is 2. The minimum Gasteiger partial charge on any atom is -0.346 e. The standard InChI is InChI=1S/C36H57N5O7S/c1-10-16-37-30(44)27(42)24(17-20-14-15-20)38-29(43)26-25-23(35(25,8)9)18-41(26)31(45)28(33(2,3)4)39-32(46)40-36(21-12-11-13-22(21)36)19-49(47,48)34(5,6)7/h10,20-26,28H,1,11-19H2,2-9H3,(H,37,44)(H,38,43)(H2,39,40,46)/t21?,22?,23-,24?,25-,26-,28+,36?/m0/s1. The number of urea groups is 1. The highest BCUT2D eigenvalue weighted by atomic mass is 32.2. The van der Waals surface area contributed by atoms with Crippen molar-refractivity contribution in [2.45, 2.75) is 122 Å². The quantitative estimate of drug-likeness (QED) is 0.169. The number of carbonyl (C=O) groups excluding carboxylic acids is 5. The van der Waals surface area contributed by atoms with Crippen molar-refractivity contribution in [2.75, 3.05) is 18.8 Å². The lowest BCUT2D eigenvalue weighted by molar-refractivity contribution is -0.145. The molecule has 5 aliphatic rings. The number of carbonyl (C=O) groups is 5. The summed E-state index contributed by atoms with van der Waals surface area (Å²) >= 11 is 0. The number of nitrogens with one attached hydrogen (secondary N) is 4. The number of hydrogen-bond donors (Lipinski definition) is 4. The summed E-state index contributed by atoms with van der Waals surface area (Å²) in [5, 5.41) is 11.3. The maximum atomic E-state index is 14.5. The Bertz CT molecular complexity index is 1500. The maximum Gasteiger partial charge on any atom is 0.315 e. The van der Waals surface area contributed by atoms with Gasteiger partial charge >= 0.3 is 6.03 Å². The minimum atomic E-state index is -3.54. The van der Waals surface area contributed by atoms with E-state index < -0.39 is 73.2 Å². The lowest BCUT2D eigenvalue weighted by Gasteiger charge is -2.38. The van der Waals surface area contributed by atoms with Gasteiger partial charge in [0.25, 0.3) is 5.91 Å². The molecule has 0 aromatic heterocycles. The Hall–Kier alpha value is -2.96. The van der Waals surface area contributed by atoms with Crippen LogP contribution in [0.2, 0.25) is 0 Å². The number of hydrogen-bond acceptors (Lipinski definition) is 7. The summed E-state index contributed by atoms with van der Waals surface area (Å²) in [5.41, 5.74) is -1.83. The first-order chi connectivity index (χ1) is 22.6. The number of rotatable bonds is 13. The zero-order valence-corrected chi connectivity index (χ0v) is 31.3. The predicted molar refractivity (Wildman–Crippen MR) is 186 cm³/mol. The van der Waals surface area contributed by atoms with Gasteiger partial charge in [-0.25, -0.2) is 13.2 Å². The highest BCUT2D eigenvalue weighted by Crippen LogP contribution is 2.65. The minimum absolute atomic E-state index is 0.0619. The van der Waals surface area contributed by atoms with Crippen LogP contribution in [-0.4, -0.2) is 90.1 Å². The summed E-state index contributed by atoms with van der Waals surface area (Å²) in [5.74, 6) is -2.24. The highest BCUT2D eigenvalue weighted by Gasteiger charge is 2.71. The molecule has 274 valence electrons. The van der Waals surface area contributed by atoms with Gasteiger partial charge in [0.2, 0.25) is 17.6 Å². The molecule has 3 unspecified atom stereocenters. The fourth-order valence-corrected chi connectivity index (χ4v) is 10.2. The Morgan fingerprint density at radius 2 is 1.55 bits per heavy atom. The van der Waals surface area contributed by atoms with E-state index in [1.165, 1.54) is 11.0 Å². The van der Waals surface area contributed by atoms with E-state index in [0.717, 1.165) is 32.1 Å². The van der Waals surface area contributed by atoms with E-state index in [9.17, 15) is 32.4 Å². The molecule has 0 aromatic rings. The molecule has 1 saturated heterocycles. The predicted octanol–water partition coefficient (Wildman–Crippen LogP) is 2.72. The van der Waals surface area contributed by atoms with Gasteiger partial charge in [0.15, 0.2) is 9.84 Å². The molecule has 0 radical (unpaired) electrons. The number of nitrogens with zero attached hydrogens (tertiary/aromatic N) is 1. The van der Waals surface area contributed by atoms with Crippen LogP contribution in [0.4, 0.5) is 4.79 Å². The zero-order chi connectivity index (χ0) is 36.5. The molecule has 4 saturated carbocycles. The second-order valence-electron chi connectivity index (χ2n) is 17.9. The van der Waals surface area contributed by atoms with Gasteiger partial charge in [0.1, 0.15) is 12.1 Å². The maximum absolute atomic E-state index is 14.5. The zero-order valence-electron chi connectivity index (χ0n) is 30.5. The molecule has 5 rings (SSSR count). The first-order valence-corrected chi connectivity index (χ1v) is 19.6. The molecule has 4 N–H and O–H groups in total. The third-order valence-corrected chi connectivity index (χ3v) is 14.8. The van der Waals surface area contributed by atoms with Gasteiger partial charge in [0, 0.05) is 13.1 Å². The van der Waals surface area contributed by atoms with Gasteiger partial charge in [0.05, 0.1) is 22.1 Å². The van der Waals surface area contributed by atoms with Gasteiger partial charge in [-0.1, -0.05) is 60.0 Å². The van der Waals surface area contributed by atoms with Crippen LogP contribution in [0.15, 0.2) is 12.7 Å². The van der Waals surface area contributed by atoms with Crippen LogP contribution >= 0.6 is 0 Å². The number of sulfone groups is 1. The Morgan fingerprint density at radius 3 is 2.08 bits per heavy atom. The Morgan fingerprint density at radius 1 is 0.939 bits per heavy atom. The van der Waals surface area contributed by atoms with Gasteiger partial charge in [-0.3, -0.25) is 19.2 Å². The molecule has 12 nitrogen and oxygen atoms in total. The van der Waals surface area contributed by atoms with Crippen LogP contribution < -0.4 is 21.3 Å². The third kappa shape index (κ3) is 7.15. The van der Waals surface area contributed by atoms with Crippen LogP contribution in [0.5, 0.6) is 0 Å². The average molecular weight is 704 g/mol. The van der Waals surface area contributed by atoms with Crippen molar-refractivity contribution in [1.29, 1.82) is 0 Å². The SMILES string of the molecule is C=CCNC(=O)C(=O)C(CC1CC1)NC(=O)[C@@H]1[C@@H]2[C@H](CN1C(=O)[C@@H](NC(=O)NC1(CS(=O)(=O)C(C)(C)C)C3CCCC31)C(C)(C)C)C2(C)C. The van der Waals surface area contributed by atoms with Crippen LogP contribution in [-0.2, 0) is 29.0 Å². The summed E-state index contributed by atoms with van der Waals surface area (Å²) < 4.78 is 25.7. The van der Waals surface area contributed by atoms with E-state index in [-0.39, 0.29) is 47.3 Å². The van der Waals surface area contributed by atoms with Crippen LogP contribution in [0.3, 0.4) is 0 Å². The largest absolute Gasteiger partial charge is 0.346 e. The fraction of sp³-hybridized carbons (Fsp3) is 0.806. The molecule has 5 fully saturated rings. The first-order valence-electron chi connectivity index (χ1n) is 17.9. The van der Waals surface area contributed by atoms with Crippen molar-refractivity contribution in [2.24, 2.45) is 40.4 Å². The molecule has 1 heterocycles. The molecule has 0 spiro atoms. The summed E-state index contributed by atoms with van der Waals surface area (Å²) in [4.78, 5) is 69.6. The van der Waals surface area contributed by atoms with E-state index in [2.05, 4.69) is 41.7 Å².